The number of aliphatic hydroxyl groups is 1. The first kappa shape index (κ1) is 17.3. The second-order valence-electron chi connectivity index (χ2n) is 9.67. The maximum atomic E-state index is 11.5. The van der Waals surface area contributed by atoms with Crippen LogP contribution in [0.3, 0.4) is 0 Å². The van der Waals surface area contributed by atoms with Crippen molar-refractivity contribution in [2.75, 3.05) is 0 Å². The van der Waals surface area contributed by atoms with Gasteiger partial charge in [-0.05, 0) is 79.4 Å². The Morgan fingerprint density at radius 3 is 2.42 bits per heavy atom. The van der Waals surface area contributed by atoms with Crippen molar-refractivity contribution in [2.24, 2.45) is 34.5 Å². The maximum Gasteiger partial charge on any atom is 0.274 e. The molecular formula is C19H30BrNO3. The third-order valence-corrected chi connectivity index (χ3v) is 9.96. The lowest BCUT2D eigenvalue weighted by Crippen LogP contribution is -2.56. The summed E-state index contributed by atoms with van der Waals surface area (Å²) in [5.41, 5.74) is 0.379. The Bertz CT molecular complexity index is 557. The quantitative estimate of drug-likeness (QED) is 0.299. The van der Waals surface area contributed by atoms with E-state index in [4.69, 9.17) is 0 Å². The Morgan fingerprint density at radius 2 is 1.71 bits per heavy atom. The van der Waals surface area contributed by atoms with E-state index in [0.29, 0.717) is 30.6 Å². The van der Waals surface area contributed by atoms with Crippen molar-refractivity contribution in [1.29, 1.82) is 0 Å². The lowest BCUT2D eigenvalue weighted by molar-refractivity contribution is -0.544. The first-order valence-corrected chi connectivity index (χ1v) is 10.5. The van der Waals surface area contributed by atoms with Gasteiger partial charge in [0, 0.05) is 33.7 Å². The number of hydrogen-bond acceptors (Lipinski definition) is 3. The fourth-order valence-corrected chi connectivity index (χ4v) is 7.93. The van der Waals surface area contributed by atoms with Crippen molar-refractivity contribution in [3.8, 4) is 0 Å². The van der Waals surface area contributed by atoms with Gasteiger partial charge in [-0.25, -0.2) is 0 Å². The Balaban J connectivity index is 1.60. The fourth-order valence-electron chi connectivity index (χ4n) is 7.34. The summed E-state index contributed by atoms with van der Waals surface area (Å²) in [6.45, 7) is 4.74. The molecule has 24 heavy (non-hydrogen) atoms. The SMILES string of the molecule is CC12CCC3C(CCC4CC(Br)([N+](=O)[O-])CCC43C)C1CCC2O. The molecule has 4 aliphatic carbocycles. The summed E-state index contributed by atoms with van der Waals surface area (Å²) in [6, 6.07) is 0. The zero-order valence-electron chi connectivity index (χ0n) is 14.8. The van der Waals surface area contributed by atoms with Gasteiger partial charge < -0.3 is 5.11 Å². The normalized spacial score (nSPS) is 56.9. The van der Waals surface area contributed by atoms with Crippen molar-refractivity contribution in [3.05, 3.63) is 10.1 Å². The number of fused-ring (bicyclic) bond motifs is 5. The van der Waals surface area contributed by atoms with Gasteiger partial charge in [-0.15, -0.1) is 0 Å². The summed E-state index contributed by atoms with van der Waals surface area (Å²) in [4.78, 5) is 11.4. The second-order valence-corrected chi connectivity index (χ2v) is 11.1. The van der Waals surface area contributed by atoms with Crippen LogP contribution in [0.25, 0.3) is 0 Å². The van der Waals surface area contributed by atoms with Crippen LogP contribution in [0.4, 0.5) is 0 Å². The highest BCUT2D eigenvalue weighted by Crippen LogP contribution is 2.67. The van der Waals surface area contributed by atoms with Gasteiger partial charge in [0.05, 0.1) is 6.10 Å². The van der Waals surface area contributed by atoms with E-state index < -0.39 is 4.45 Å². The van der Waals surface area contributed by atoms with Gasteiger partial charge in [0.15, 0.2) is 0 Å². The van der Waals surface area contributed by atoms with Crippen LogP contribution in [0, 0.1) is 44.6 Å². The Labute approximate surface area is 153 Å². The van der Waals surface area contributed by atoms with Crippen LogP contribution in [0.15, 0.2) is 0 Å². The third kappa shape index (κ3) is 2.19. The van der Waals surface area contributed by atoms with Crippen LogP contribution in [-0.2, 0) is 0 Å². The Hall–Kier alpha value is -0.160. The molecule has 0 amide bonds. The van der Waals surface area contributed by atoms with E-state index in [1.807, 2.05) is 0 Å². The molecule has 0 radical (unpaired) electrons. The van der Waals surface area contributed by atoms with Gasteiger partial charge in [-0.2, -0.15) is 0 Å². The van der Waals surface area contributed by atoms with Crippen molar-refractivity contribution in [1.82, 2.24) is 0 Å². The molecule has 0 aromatic carbocycles. The highest BCUT2D eigenvalue weighted by Gasteiger charge is 2.62. The van der Waals surface area contributed by atoms with Crippen molar-refractivity contribution < 1.29 is 10.0 Å². The molecule has 8 atom stereocenters. The average molecular weight is 400 g/mol. The molecule has 4 aliphatic rings. The minimum Gasteiger partial charge on any atom is -0.393 e. The smallest absolute Gasteiger partial charge is 0.274 e. The molecule has 0 bridgehead atoms. The number of alkyl halides is 1. The molecule has 0 aromatic heterocycles. The van der Waals surface area contributed by atoms with Crippen LogP contribution < -0.4 is 0 Å². The number of aliphatic hydroxyl groups excluding tert-OH is 1. The predicted molar refractivity (Wildman–Crippen MR) is 96.4 cm³/mol. The van der Waals surface area contributed by atoms with Gasteiger partial charge in [0.1, 0.15) is 0 Å². The zero-order chi connectivity index (χ0) is 17.3. The molecule has 0 aromatic rings. The zero-order valence-corrected chi connectivity index (χ0v) is 16.4. The monoisotopic (exact) mass is 399 g/mol. The number of hydrogen-bond donors (Lipinski definition) is 1. The Morgan fingerprint density at radius 1 is 1.00 bits per heavy atom. The minimum absolute atomic E-state index is 0.0933. The third-order valence-electron chi connectivity index (χ3n) is 8.95. The highest BCUT2D eigenvalue weighted by molar-refractivity contribution is 9.10. The van der Waals surface area contributed by atoms with Crippen molar-refractivity contribution in [3.63, 3.8) is 0 Å². The molecule has 4 saturated carbocycles. The van der Waals surface area contributed by atoms with E-state index in [1.165, 1.54) is 19.3 Å². The molecule has 0 aliphatic heterocycles. The van der Waals surface area contributed by atoms with Gasteiger partial charge in [-0.1, -0.05) is 13.8 Å². The number of halogens is 1. The first-order chi connectivity index (χ1) is 11.2. The van der Waals surface area contributed by atoms with E-state index in [-0.39, 0.29) is 21.9 Å². The van der Waals surface area contributed by atoms with E-state index in [2.05, 4.69) is 29.8 Å². The van der Waals surface area contributed by atoms with Gasteiger partial charge in [0.25, 0.3) is 4.45 Å². The molecule has 0 heterocycles. The molecule has 0 saturated heterocycles. The van der Waals surface area contributed by atoms with E-state index >= 15 is 0 Å². The lowest BCUT2D eigenvalue weighted by Gasteiger charge is -2.60. The molecule has 5 heteroatoms. The van der Waals surface area contributed by atoms with Gasteiger partial charge in [-0.3, -0.25) is 10.1 Å². The maximum absolute atomic E-state index is 11.5. The molecule has 8 unspecified atom stereocenters. The van der Waals surface area contributed by atoms with Crippen LogP contribution >= 0.6 is 15.9 Å². The largest absolute Gasteiger partial charge is 0.393 e. The molecule has 4 fully saturated rings. The average Bonchev–Trinajstić information content (AvgIpc) is 2.84. The minimum atomic E-state index is -0.892. The van der Waals surface area contributed by atoms with Crippen molar-refractivity contribution >= 4 is 15.9 Å². The van der Waals surface area contributed by atoms with Crippen LogP contribution in [0.1, 0.15) is 71.6 Å². The summed E-state index contributed by atoms with van der Waals surface area (Å²) in [6.07, 6.45) is 9.01. The topological polar surface area (TPSA) is 63.4 Å². The molecule has 136 valence electrons. The summed E-state index contributed by atoms with van der Waals surface area (Å²) in [5.74, 6) is 2.55. The Kier molecular flexibility index (Phi) is 3.90. The lowest BCUT2D eigenvalue weighted by atomic mass is 9.45. The predicted octanol–water partition coefficient (Wildman–Crippen LogP) is 4.76. The standard InChI is InChI=1S/C19H30BrNO3/c1-17-9-10-19(20,21(23)24)11-12(17)3-4-13-14-5-6-16(22)18(14,2)8-7-15(13)17/h12-16,22H,3-11H2,1-2H3. The fraction of sp³-hybridized carbons (Fsp3) is 1.00. The number of nitrogens with zero attached hydrogens (tertiary/aromatic N) is 1. The molecule has 4 nitrogen and oxygen atoms in total. The number of nitro groups is 1. The van der Waals surface area contributed by atoms with Gasteiger partial charge in [0.2, 0.25) is 0 Å². The number of rotatable bonds is 1. The van der Waals surface area contributed by atoms with Crippen LogP contribution in [0.5, 0.6) is 0 Å². The summed E-state index contributed by atoms with van der Waals surface area (Å²) < 4.78 is -0.892. The summed E-state index contributed by atoms with van der Waals surface area (Å²) >= 11 is 3.46. The summed E-state index contributed by atoms with van der Waals surface area (Å²) in [5, 5.41) is 22.0. The van der Waals surface area contributed by atoms with Crippen LogP contribution in [-0.4, -0.2) is 20.6 Å². The van der Waals surface area contributed by atoms with E-state index in [0.717, 1.165) is 31.6 Å². The van der Waals surface area contributed by atoms with E-state index in [9.17, 15) is 15.2 Å². The van der Waals surface area contributed by atoms with Crippen molar-refractivity contribution in [2.45, 2.75) is 82.2 Å². The van der Waals surface area contributed by atoms with Gasteiger partial charge >= 0.3 is 0 Å². The van der Waals surface area contributed by atoms with Crippen LogP contribution in [0.2, 0.25) is 0 Å². The van der Waals surface area contributed by atoms with E-state index in [1.54, 1.807) is 0 Å². The summed E-state index contributed by atoms with van der Waals surface area (Å²) in [7, 11) is 0. The highest BCUT2D eigenvalue weighted by atomic mass is 79.9. The molecule has 0 spiro atoms. The first-order valence-electron chi connectivity index (χ1n) is 9.72. The second kappa shape index (κ2) is 5.42. The molecule has 1 N–H and O–H groups in total. The molecular weight excluding hydrogens is 370 g/mol. The molecule has 4 rings (SSSR count).